The highest BCUT2D eigenvalue weighted by Gasteiger charge is 2.18. The van der Waals surface area contributed by atoms with E-state index in [1.165, 1.54) is 0 Å². The van der Waals surface area contributed by atoms with E-state index < -0.39 is 0 Å². The molecule has 0 bridgehead atoms. The summed E-state index contributed by atoms with van der Waals surface area (Å²) in [5.41, 5.74) is 4.33. The maximum atomic E-state index is 5.63. The second kappa shape index (κ2) is 5.87. The number of rotatable bonds is 3. The third-order valence-corrected chi connectivity index (χ3v) is 3.73. The first-order valence-corrected chi connectivity index (χ1v) is 7.44. The van der Waals surface area contributed by atoms with Gasteiger partial charge in [0, 0.05) is 17.3 Å². The van der Waals surface area contributed by atoms with E-state index in [0.717, 1.165) is 22.2 Å². The van der Waals surface area contributed by atoms with Gasteiger partial charge in [0.2, 0.25) is 0 Å². The van der Waals surface area contributed by atoms with E-state index in [1.54, 1.807) is 0 Å². The SMILES string of the molecule is CCc1cc(NN)nc(-c2cc(Br)c3c(c2)OCCO3)n1. The van der Waals surface area contributed by atoms with Gasteiger partial charge in [-0.3, -0.25) is 0 Å². The van der Waals surface area contributed by atoms with Gasteiger partial charge >= 0.3 is 0 Å². The molecule has 7 heteroatoms. The number of hydrogen-bond donors (Lipinski definition) is 2. The minimum atomic E-state index is 0.536. The maximum Gasteiger partial charge on any atom is 0.175 e. The van der Waals surface area contributed by atoms with Gasteiger partial charge in [-0.05, 0) is 34.5 Å². The van der Waals surface area contributed by atoms with E-state index in [9.17, 15) is 0 Å². The minimum Gasteiger partial charge on any atom is -0.486 e. The van der Waals surface area contributed by atoms with Crippen LogP contribution in [-0.4, -0.2) is 23.2 Å². The highest BCUT2D eigenvalue weighted by Crippen LogP contribution is 2.40. The van der Waals surface area contributed by atoms with Crippen LogP contribution in [0.3, 0.4) is 0 Å². The first kappa shape index (κ1) is 14.1. The number of anilines is 1. The van der Waals surface area contributed by atoms with E-state index in [2.05, 4.69) is 31.3 Å². The van der Waals surface area contributed by atoms with E-state index in [-0.39, 0.29) is 0 Å². The standard InChI is InChI=1S/C14H15BrN4O2/c1-2-9-7-12(19-16)18-14(17-9)8-5-10(15)13-11(6-8)20-3-4-21-13/h5-7H,2-4,16H2,1H3,(H,17,18,19). The van der Waals surface area contributed by atoms with Crippen LogP contribution in [0.15, 0.2) is 22.7 Å². The monoisotopic (exact) mass is 350 g/mol. The predicted molar refractivity (Wildman–Crippen MR) is 83.3 cm³/mol. The van der Waals surface area contributed by atoms with Crippen LogP contribution < -0.4 is 20.7 Å². The quantitative estimate of drug-likeness (QED) is 0.653. The zero-order chi connectivity index (χ0) is 14.8. The fourth-order valence-electron chi connectivity index (χ4n) is 2.12. The Morgan fingerprint density at radius 3 is 2.81 bits per heavy atom. The molecule has 0 saturated carbocycles. The number of hydrazine groups is 1. The Labute approximate surface area is 130 Å². The summed E-state index contributed by atoms with van der Waals surface area (Å²) < 4.78 is 12.0. The van der Waals surface area contributed by atoms with Gasteiger partial charge < -0.3 is 14.9 Å². The van der Waals surface area contributed by atoms with Crippen molar-refractivity contribution in [2.24, 2.45) is 5.84 Å². The lowest BCUT2D eigenvalue weighted by Crippen LogP contribution is -2.16. The number of nitrogens with zero attached hydrogens (tertiary/aromatic N) is 2. The molecule has 1 aromatic carbocycles. The number of halogens is 1. The number of nitrogen functional groups attached to an aromatic ring is 1. The van der Waals surface area contributed by atoms with Crippen LogP contribution in [0.2, 0.25) is 0 Å². The van der Waals surface area contributed by atoms with Crippen LogP contribution in [0, 0.1) is 0 Å². The molecule has 3 N–H and O–H groups in total. The largest absolute Gasteiger partial charge is 0.486 e. The first-order chi connectivity index (χ1) is 10.2. The van der Waals surface area contributed by atoms with Crippen LogP contribution in [0.4, 0.5) is 5.82 Å². The molecule has 3 rings (SSSR count). The van der Waals surface area contributed by atoms with Crippen LogP contribution in [0.25, 0.3) is 11.4 Å². The van der Waals surface area contributed by atoms with Gasteiger partial charge in [-0.1, -0.05) is 6.92 Å². The number of fused-ring (bicyclic) bond motifs is 1. The Kier molecular flexibility index (Phi) is 3.94. The molecule has 0 saturated heterocycles. The van der Waals surface area contributed by atoms with E-state index in [4.69, 9.17) is 15.3 Å². The van der Waals surface area contributed by atoms with Crippen LogP contribution in [-0.2, 0) is 6.42 Å². The average Bonchev–Trinajstić information content (AvgIpc) is 2.54. The second-order valence-electron chi connectivity index (χ2n) is 4.55. The molecule has 2 heterocycles. The van der Waals surface area contributed by atoms with Crippen molar-refractivity contribution in [3.8, 4) is 22.9 Å². The van der Waals surface area contributed by atoms with Crippen molar-refractivity contribution in [3.05, 3.63) is 28.4 Å². The molecule has 0 radical (unpaired) electrons. The number of nitrogens with one attached hydrogen (secondary N) is 1. The van der Waals surface area contributed by atoms with Gasteiger partial charge in [0.1, 0.15) is 19.0 Å². The van der Waals surface area contributed by atoms with Gasteiger partial charge in [-0.25, -0.2) is 15.8 Å². The Bertz CT molecular complexity index is 656. The molecule has 1 aliphatic heterocycles. The van der Waals surface area contributed by atoms with Gasteiger partial charge in [-0.15, -0.1) is 0 Å². The maximum absolute atomic E-state index is 5.63. The summed E-state index contributed by atoms with van der Waals surface area (Å²) in [4.78, 5) is 8.93. The van der Waals surface area contributed by atoms with Crippen molar-refractivity contribution in [3.63, 3.8) is 0 Å². The molecule has 2 aromatic rings. The van der Waals surface area contributed by atoms with Gasteiger partial charge in [0.15, 0.2) is 17.3 Å². The fourth-order valence-corrected chi connectivity index (χ4v) is 2.68. The number of hydrogen-bond acceptors (Lipinski definition) is 6. The van der Waals surface area contributed by atoms with Crippen LogP contribution in [0.5, 0.6) is 11.5 Å². The normalized spacial score (nSPS) is 13.1. The molecular weight excluding hydrogens is 336 g/mol. The molecule has 0 fully saturated rings. The van der Waals surface area contributed by atoms with Crippen molar-refractivity contribution in [1.82, 2.24) is 9.97 Å². The van der Waals surface area contributed by atoms with Gasteiger partial charge in [0.25, 0.3) is 0 Å². The lowest BCUT2D eigenvalue weighted by Gasteiger charge is -2.20. The molecule has 1 aliphatic rings. The third kappa shape index (κ3) is 2.79. The number of benzene rings is 1. The zero-order valence-electron chi connectivity index (χ0n) is 11.5. The van der Waals surface area contributed by atoms with Crippen LogP contribution in [0.1, 0.15) is 12.6 Å². The van der Waals surface area contributed by atoms with Crippen molar-refractivity contribution in [2.45, 2.75) is 13.3 Å². The van der Waals surface area contributed by atoms with Gasteiger partial charge in [-0.2, -0.15) is 0 Å². The first-order valence-electron chi connectivity index (χ1n) is 6.65. The Morgan fingerprint density at radius 1 is 1.24 bits per heavy atom. The van der Waals surface area contributed by atoms with E-state index in [1.807, 2.05) is 25.1 Å². The fraction of sp³-hybridized carbons (Fsp3) is 0.286. The molecular formula is C14H15BrN4O2. The number of nitrogens with two attached hydrogens (primary N) is 1. The van der Waals surface area contributed by atoms with Crippen LogP contribution >= 0.6 is 15.9 Å². The number of aryl methyl sites for hydroxylation is 1. The number of aromatic nitrogens is 2. The molecule has 0 spiro atoms. The summed E-state index contributed by atoms with van der Waals surface area (Å²) in [6, 6.07) is 5.63. The van der Waals surface area contributed by atoms with E-state index >= 15 is 0 Å². The second-order valence-corrected chi connectivity index (χ2v) is 5.40. The Balaban J connectivity index is 2.10. The topological polar surface area (TPSA) is 82.3 Å². The predicted octanol–water partition coefficient (Wildman–Crippen LogP) is 2.53. The highest BCUT2D eigenvalue weighted by molar-refractivity contribution is 9.10. The number of ether oxygens (including phenoxy) is 2. The van der Waals surface area contributed by atoms with E-state index in [0.29, 0.717) is 36.4 Å². The summed E-state index contributed by atoms with van der Waals surface area (Å²) in [7, 11) is 0. The minimum absolute atomic E-state index is 0.536. The highest BCUT2D eigenvalue weighted by atomic mass is 79.9. The summed E-state index contributed by atoms with van der Waals surface area (Å²) in [6.07, 6.45) is 0.802. The average molecular weight is 351 g/mol. The Hall–Kier alpha value is -1.86. The molecule has 110 valence electrons. The smallest absolute Gasteiger partial charge is 0.175 e. The van der Waals surface area contributed by atoms with Gasteiger partial charge in [0.05, 0.1) is 4.47 Å². The molecule has 0 aliphatic carbocycles. The molecule has 1 aromatic heterocycles. The summed E-state index contributed by atoms with van der Waals surface area (Å²) >= 11 is 3.50. The summed E-state index contributed by atoms with van der Waals surface area (Å²) in [5.74, 6) is 8.06. The zero-order valence-corrected chi connectivity index (χ0v) is 13.1. The van der Waals surface area contributed by atoms with Crippen molar-refractivity contribution in [2.75, 3.05) is 18.6 Å². The van der Waals surface area contributed by atoms with Crippen molar-refractivity contribution < 1.29 is 9.47 Å². The lowest BCUT2D eigenvalue weighted by atomic mass is 10.1. The molecule has 0 unspecified atom stereocenters. The summed E-state index contributed by atoms with van der Waals surface area (Å²) in [5, 5.41) is 0. The van der Waals surface area contributed by atoms with Crippen molar-refractivity contribution >= 4 is 21.7 Å². The van der Waals surface area contributed by atoms with Crippen molar-refractivity contribution in [1.29, 1.82) is 0 Å². The lowest BCUT2D eigenvalue weighted by molar-refractivity contribution is 0.170. The molecule has 6 nitrogen and oxygen atoms in total. The summed E-state index contributed by atoms with van der Waals surface area (Å²) in [6.45, 7) is 3.12. The Morgan fingerprint density at radius 2 is 2.05 bits per heavy atom. The third-order valence-electron chi connectivity index (χ3n) is 3.14. The molecule has 0 atom stereocenters. The molecule has 21 heavy (non-hydrogen) atoms. The molecule has 0 amide bonds.